The first-order chi connectivity index (χ1) is 13.9. The van der Waals surface area contributed by atoms with Crippen LogP contribution in [0.4, 0.5) is 11.4 Å². The molecule has 0 radical (unpaired) electrons. The van der Waals surface area contributed by atoms with Crippen molar-refractivity contribution in [3.63, 3.8) is 0 Å². The molecule has 2 amide bonds. The maximum Gasteiger partial charge on any atom is 0.338 e. The van der Waals surface area contributed by atoms with Crippen molar-refractivity contribution in [3.8, 4) is 5.75 Å². The fourth-order valence-corrected chi connectivity index (χ4v) is 3.54. The molecule has 3 N–H and O–H groups in total. The number of rotatable bonds is 6. The molecule has 0 saturated carbocycles. The summed E-state index contributed by atoms with van der Waals surface area (Å²) in [5, 5.41) is 14.6. The molecule has 1 saturated heterocycles. The molecule has 150 valence electrons. The zero-order chi connectivity index (χ0) is 20.8. The summed E-state index contributed by atoms with van der Waals surface area (Å²) >= 11 is 1.16. The lowest BCUT2D eigenvalue weighted by Crippen LogP contribution is -2.28. The number of benzene rings is 2. The van der Waals surface area contributed by atoms with Crippen molar-refractivity contribution in [1.82, 2.24) is 5.32 Å². The Morgan fingerprint density at radius 1 is 1.24 bits per heavy atom. The molecule has 0 spiro atoms. The van der Waals surface area contributed by atoms with Gasteiger partial charge in [-0.15, -0.1) is 0 Å². The topological polar surface area (TPSA) is 117 Å². The van der Waals surface area contributed by atoms with Gasteiger partial charge in [0, 0.05) is 18.2 Å². The average molecular weight is 413 g/mol. The van der Waals surface area contributed by atoms with Gasteiger partial charge >= 0.3 is 5.97 Å². The molecule has 1 aliphatic rings. The number of thioether (sulfide) groups is 1. The second kappa shape index (κ2) is 9.24. The summed E-state index contributed by atoms with van der Waals surface area (Å²) in [5.74, 6) is -0.990. The quantitative estimate of drug-likeness (QED) is 0.627. The molecular weight excluding hydrogens is 394 g/mol. The Balaban J connectivity index is 1.56. The van der Waals surface area contributed by atoms with E-state index in [1.165, 1.54) is 12.1 Å². The summed E-state index contributed by atoms with van der Waals surface area (Å²) in [6.07, 6.45) is -0.0326. The minimum Gasteiger partial charge on any atom is -0.508 e. The molecule has 2 aromatic carbocycles. The molecule has 9 heteroatoms. The first-order valence-electron chi connectivity index (χ1n) is 8.87. The largest absolute Gasteiger partial charge is 0.508 e. The molecule has 1 heterocycles. The number of hydrogen-bond acceptors (Lipinski definition) is 7. The number of nitrogens with zero attached hydrogens (tertiary/aromatic N) is 1. The van der Waals surface area contributed by atoms with Gasteiger partial charge in [0.1, 0.15) is 11.0 Å². The van der Waals surface area contributed by atoms with Crippen LogP contribution < -0.4 is 10.6 Å². The van der Waals surface area contributed by atoms with Crippen LogP contribution in [0.15, 0.2) is 53.5 Å². The van der Waals surface area contributed by atoms with Gasteiger partial charge in [-0.3, -0.25) is 9.59 Å². The summed E-state index contributed by atoms with van der Waals surface area (Å²) in [4.78, 5) is 40.3. The predicted molar refractivity (Wildman–Crippen MR) is 110 cm³/mol. The van der Waals surface area contributed by atoms with E-state index in [4.69, 9.17) is 4.74 Å². The summed E-state index contributed by atoms with van der Waals surface area (Å²) in [6.45, 7) is 2.01. The Kier molecular flexibility index (Phi) is 6.50. The summed E-state index contributed by atoms with van der Waals surface area (Å²) in [7, 11) is 0. The molecule has 3 rings (SSSR count). The molecule has 8 nitrogen and oxygen atoms in total. The third-order valence-electron chi connectivity index (χ3n) is 3.89. The summed E-state index contributed by atoms with van der Waals surface area (Å²) in [5.41, 5.74) is 1.41. The molecule has 29 heavy (non-hydrogen) atoms. The normalized spacial score (nSPS) is 17.1. The van der Waals surface area contributed by atoms with Crippen LogP contribution >= 0.6 is 11.8 Å². The third-order valence-corrected chi connectivity index (χ3v) is 4.97. The van der Waals surface area contributed by atoms with Gasteiger partial charge < -0.3 is 20.5 Å². The van der Waals surface area contributed by atoms with Crippen LogP contribution in [0.5, 0.6) is 5.75 Å². The van der Waals surface area contributed by atoms with E-state index in [-0.39, 0.29) is 30.6 Å². The predicted octanol–water partition coefficient (Wildman–Crippen LogP) is 2.82. The monoisotopic (exact) mass is 413 g/mol. The maximum absolute atomic E-state index is 12.3. The number of aromatic hydroxyl groups is 1. The molecule has 1 unspecified atom stereocenters. The number of phenols is 1. The lowest BCUT2D eigenvalue weighted by molar-refractivity contribution is -0.122. The molecule has 2 aromatic rings. The molecular formula is C20H19N3O5S. The van der Waals surface area contributed by atoms with Crippen LogP contribution in [0.2, 0.25) is 0 Å². The Bertz CT molecular complexity index is 959. The van der Waals surface area contributed by atoms with Crippen molar-refractivity contribution in [2.45, 2.75) is 18.6 Å². The van der Waals surface area contributed by atoms with Gasteiger partial charge in [-0.1, -0.05) is 17.8 Å². The van der Waals surface area contributed by atoms with Crippen molar-refractivity contribution in [2.24, 2.45) is 4.99 Å². The van der Waals surface area contributed by atoms with E-state index in [0.717, 1.165) is 11.8 Å². The van der Waals surface area contributed by atoms with Gasteiger partial charge in [0.05, 0.1) is 17.9 Å². The number of phenolic OH excluding ortho intramolecular Hbond substituents is 1. The van der Waals surface area contributed by atoms with E-state index in [0.29, 0.717) is 22.1 Å². The lowest BCUT2D eigenvalue weighted by Gasteiger charge is -2.08. The van der Waals surface area contributed by atoms with Gasteiger partial charge in [0.15, 0.2) is 5.17 Å². The van der Waals surface area contributed by atoms with E-state index in [1.54, 1.807) is 43.3 Å². The number of nitrogens with one attached hydrogen (secondary N) is 2. The first kappa shape index (κ1) is 20.4. The van der Waals surface area contributed by atoms with Crippen LogP contribution in [-0.4, -0.2) is 39.9 Å². The number of aliphatic imine (C=N–C) groups is 1. The number of amidine groups is 1. The van der Waals surface area contributed by atoms with Gasteiger partial charge in [0.25, 0.3) is 0 Å². The highest BCUT2D eigenvalue weighted by molar-refractivity contribution is 8.15. The highest BCUT2D eigenvalue weighted by atomic mass is 32.2. The van der Waals surface area contributed by atoms with Gasteiger partial charge in [-0.25, -0.2) is 9.79 Å². The number of anilines is 1. The SMILES string of the molecule is CCOC(=O)c1ccc(NC(=O)CC2SC(=Nc3cccc(O)c3)NC2=O)cc1. The highest BCUT2D eigenvalue weighted by Crippen LogP contribution is 2.26. The maximum atomic E-state index is 12.3. The zero-order valence-corrected chi connectivity index (χ0v) is 16.4. The molecule has 0 aliphatic carbocycles. The second-order valence-electron chi connectivity index (χ2n) is 6.08. The van der Waals surface area contributed by atoms with Crippen LogP contribution in [-0.2, 0) is 14.3 Å². The number of carbonyl (C=O) groups excluding carboxylic acids is 3. The third kappa shape index (κ3) is 5.58. The Labute approximate surface area is 171 Å². The van der Waals surface area contributed by atoms with E-state index < -0.39 is 11.2 Å². The number of esters is 1. The molecule has 1 atom stereocenters. The Hall–Kier alpha value is -3.33. The Morgan fingerprint density at radius 2 is 2.00 bits per heavy atom. The number of hydrogen-bond donors (Lipinski definition) is 3. The van der Waals surface area contributed by atoms with Crippen LogP contribution in [0.25, 0.3) is 0 Å². The second-order valence-corrected chi connectivity index (χ2v) is 7.27. The van der Waals surface area contributed by atoms with E-state index in [2.05, 4.69) is 15.6 Å². The molecule has 0 aromatic heterocycles. The smallest absolute Gasteiger partial charge is 0.338 e. The van der Waals surface area contributed by atoms with Crippen LogP contribution in [0, 0.1) is 0 Å². The van der Waals surface area contributed by atoms with Gasteiger partial charge in [-0.2, -0.15) is 0 Å². The number of amides is 2. The molecule has 1 fully saturated rings. The van der Waals surface area contributed by atoms with Gasteiger partial charge in [0.2, 0.25) is 11.8 Å². The van der Waals surface area contributed by atoms with Crippen molar-refractivity contribution < 1.29 is 24.2 Å². The van der Waals surface area contributed by atoms with Crippen molar-refractivity contribution in [3.05, 3.63) is 54.1 Å². The molecule has 0 bridgehead atoms. The first-order valence-corrected chi connectivity index (χ1v) is 9.75. The van der Waals surface area contributed by atoms with Crippen LogP contribution in [0.3, 0.4) is 0 Å². The van der Waals surface area contributed by atoms with Crippen molar-refractivity contribution in [2.75, 3.05) is 11.9 Å². The molecule has 1 aliphatic heterocycles. The fraction of sp³-hybridized carbons (Fsp3) is 0.200. The number of carbonyl (C=O) groups is 3. The number of ether oxygens (including phenoxy) is 1. The standard InChI is InChI=1S/C20H19N3O5S/c1-2-28-19(27)12-6-8-13(9-7-12)21-17(25)11-16-18(26)23-20(29-16)22-14-4-3-5-15(24)10-14/h3-10,16,24H,2,11H2,1H3,(H,21,25)(H,22,23,26). The van der Waals surface area contributed by atoms with Crippen LogP contribution in [0.1, 0.15) is 23.7 Å². The Morgan fingerprint density at radius 3 is 2.69 bits per heavy atom. The van der Waals surface area contributed by atoms with E-state index in [1.807, 2.05) is 0 Å². The minimum absolute atomic E-state index is 0.0326. The summed E-state index contributed by atoms with van der Waals surface area (Å²) < 4.78 is 4.91. The fourth-order valence-electron chi connectivity index (χ4n) is 2.56. The minimum atomic E-state index is -0.607. The van der Waals surface area contributed by atoms with Crippen molar-refractivity contribution >= 4 is 46.1 Å². The summed E-state index contributed by atoms with van der Waals surface area (Å²) in [6, 6.07) is 12.7. The van der Waals surface area contributed by atoms with E-state index in [9.17, 15) is 19.5 Å². The average Bonchev–Trinajstić information content (AvgIpc) is 3.01. The lowest BCUT2D eigenvalue weighted by atomic mass is 10.2. The van der Waals surface area contributed by atoms with Crippen molar-refractivity contribution in [1.29, 1.82) is 0 Å². The highest BCUT2D eigenvalue weighted by Gasteiger charge is 2.32. The van der Waals surface area contributed by atoms with Gasteiger partial charge in [-0.05, 0) is 43.3 Å². The zero-order valence-electron chi connectivity index (χ0n) is 15.5. The van der Waals surface area contributed by atoms with E-state index >= 15 is 0 Å².